The van der Waals surface area contributed by atoms with E-state index in [9.17, 15) is 19.2 Å². The summed E-state index contributed by atoms with van der Waals surface area (Å²) < 4.78 is 6.96. The number of ether oxygens (including phenoxy) is 1. The van der Waals surface area contributed by atoms with Gasteiger partial charge in [-0.25, -0.2) is 0 Å². The van der Waals surface area contributed by atoms with Gasteiger partial charge < -0.3 is 25.2 Å². The molecule has 0 unspecified atom stereocenters. The van der Waals surface area contributed by atoms with E-state index in [0.29, 0.717) is 56.4 Å². The van der Waals surface area contributed by atoms with E-state index in [1.165, 1.54) is 4.90 Å². The Morgan fingerprint density at radius 3 is 2.45 bits per heavy atom. The molecule has 2 heterocycles. The Bertz CT molecular complexity index is 1220. The number of aromatic nitrogens is 2. The number of hydrogen-bond donors (Lipinski definition) is 2. The van der Waals surface area contributed by atoms with Crippen molar-refractivity contribution in [1.82, 2.24) is 30.2 Å². The van der Waals surface area contributed by atoms with Crippen molar-refractivity contribution in [2.45, 2.75) is 78.4 Å². The molecule has 230 valence electrons. The zero-order valence-electron chi connectivity index (χ0n) is 25.8. The Balaban J connectivity index is 1.80. The number of amides is 4. The zero-order chi connectivity index (χ0) is 30.8. The standard InChI is InChI=1S/C31H46N6O5/c1-7-37-27(20-24(34-37)18-21(2)3)31(41)36-16-8-10-28(38)33-26(19-23-11-13-25(42-6)14-12-23)30(40)35(5)22(4)29(39)32-15-9-17-36/h11-14,20-22,26H,7-10,15-19H2,1-6H3,(H,32,39)(H,33,38)/t22-,26-/m0/s1. The SMILES string of the molecule is CCn1nc(CC(C)C)cc1C(=O)N1CCCNC(=O)[C@H](C)N(C)C(=O)[C@H](Cc2ccc(OC)cc2)NC(=O)CCC1. The number of rotatable bonds is 7. The van der Waals surface area contributed by atoms with Crippen LogP contribution in [-0.2, 0) is 33.8 Å². The molecule has 2 atom stereocenters. The third-order valence-corrected chi connectivity index (χ3v) is 7.53. The van der Waals surface area contributed by atoms with Crippen molar-refractivity contribution in [3.63, 3.8) is 0 Å². The van der Waals surface area contributed by atoms with Gasteiger partial charge in [-0.2, -0.15) is 5.10 Å². The summed E-state index contributed by atoms with van der Waals surface area (Å²) in [6.45, 7) is 9.55. The average molecular weight is 583 g/mol. The molecule has 0 radical (unpaired) electrons. The van der Waals surface area contributed by atoms with Gasteiger partial charge in [0, 0.05) is 46.1 Å². The Kier molecular flexibility index (Phi) is 11.9. The number of likely N-dealkylation sites (N-methyl/N-ethyl adjacent to an activating group) is 1. The Morgan fingerprint density at radius 2 is 1.81 bits per heavy atom. The predicted octanol–water partition coefficient (Wildman–Crippen LogP) is 2.43. The van der Waals surface area contributed by atoms with Crippen molar-refractivity contribution in [3.05, 3.63) is 47.3 Å². The monoisotopic (exact) mass is 582 g/mol. The predicted molar refractivity (Wildman–Crippen MR) is 160 cm³/mol. The van der Waals surface area contributed by atoms with E-state index in [-0.39, 0.29) is 36.5 Å². The molecule has 42 heavy (non-hydrogen) atoms. The first-order chi connectivity index (χ1) is 20.0. The lowest BCUT2D eigenvalue weighted by Crippen LogP contribution is -2.54. The smallest absolute Gasteiger partial charge is 0.272 e. The van der Waals surface area contributed by atoms with Crippen LogP contribution >= 0.6 is 0 Å². The van der Waals surface area contributed by atoms with E-state index in [1.807, 2.05) is 25.1 Å². The fourth-order valence-corrected chi connectivity index (χ4v) is 5.01. The van der Waals surface area contributed by atoms with E-state index >= 15 is 0 Å². The highest BCUT2D eigenvalue weighted by atomic mass is 16.5. The van der Waals surface area contributed by atoms with E-state index in [2.05, 4.69) is 29.6 Å². The first kappa shape index (κ1) is 32.6. The highest BCUT2D eigenvalue weighted by molar-refractivity contribution is 5.93. The van der Waals surface area contributed by atoms with Crippen LogP contribution in [0.1, 0.15) is 68.7 Å². The Hall–Kier alpha value is -3.89. The number of aryl methyl sites for hydroxylation is 1. The Morgan fingerprint density at radius 1 is 1.12 bits per heavy atom. The van der Waals surface area contributed by atoms with Gasteiger partial charge in [0.2, 0.25) is 17.7 Å². The highest BCUT2D eigenvalue weighted by Gasteiger charge is 2.30. The molecule has 2 aromatic rings. The zero-order valence-corrected chi connectivity index (χ0v) is 25.8. The summed E-state index contributed by atoms with van der Waals surface area (Å²) in [4.78, 5) is 56.3. The minimum Gasteiger partial charge on any atom is -0.497 e. The number of benzene rings is 1. The summed E-state index contributed by atoms with van der Waals surface area (Å²) in [5, 5.41) is 10.4. The van der Waals surface area contributed by atoms with Crippen molar-refractivity contribution in [1.29, 1.82) is 0 Å². The van der Waals surface area contributed by atoms with Crippen molar-refractivity contribution in [2.24, 2.45) is 5.92 Å². The molecule has 1 aliphatic heterocycles. The van der Waals surface area contributed by atoms with Crippen LogP contribution in [0.2, 0.25) is 0 Å². The van der Waals surface area contributed by atoms with Gasteiger partial charge in [0.05, 0.1) is 12.8 Å². The second-order valence-corrected chi connectivity index (χ2v) is 11.3. The molecule has 3 rings (SSSR count). The van der Waals surface area contributed by atoms with Crippen LogP contribution < -0.4 is 15.4 Å². The third kappa shape index (κ3) is 8.80. The van der Waals surface area contributed by atoms with E-state index in [0.717, 1.165) is 17.7 Å². The molecule has 11 heteroatoms. The molecule has 1 fully saturated rings. The summed E-state index contributed by atoms with van der Waals surface area (Å²) in [6.07, 6.45) is 2.16. The lowest BCUT2D eigenvalue weighted by Gasteiger charge is -2.29. The van der Waals surface area contributed by atoms with Gasteiger partial charge in [0.1, 0.15) is 23.5 Å². The van der Waals surface area contributed by atoms with Gasteiger partial charge in [-0.15, -0.1) is 0 Å². The molecule has 0 saturated carbocycles. The molecule has 4 amide bonds. The van der Waals surface area contributed by atoms with Crippen molar-refractivity contribution in [3.8, 4) is 5.75 Å². The second kappa shape index (κ2) is 15.4. The summed E-state index contributed by atoms with van der Waals surface area (Å²) in [7, 11) is 3.15. The maximum Gasteiger partial charge on any atom is 0.272 e. The van der Waals surface area contributed by atoms with Crippen LogP contribution in [0.15, 0.2) is 30.3 Å². The molecule has 1 aromatic heterocycles. The largest absolute Gasteiger partial charge is 0.497 e. The molecule has 1 saturated heterocycles. The van der Waals surface area contributed by atoms with Gasteiger partial charge in [0.15, 0.2) is 0 Å². The molecular formula is C31H46N6O5. The third-order valence-electron chi connectivity index (χ3n) is 7.53. The first-order valence-electron chi connectivity index (χ1n) is 14.9. The fourth-order valence-electron chi connectivity index (χ4n) is 5.01. The average Bonchev–Trinajstić information content (AvgIpc) is 3.38. The molecule has 0 aliphatic carbocycles. The van der Waals surface area contributed by atoms with Gasteiger partial charge in [0.25, 0.3) is 5.91 Å². The Labute approximate surface area is 248 Å². The first-order valence-corrected chi connectivity index (χ1v) is 14.9. The summed E-state index contributed by atoms with van der Waals surface area (Å²) >= 11 is 0. The molecule has 0 spiro atoms. The minimum atomic E-state index is -0.854. The van der Waals surface area contributed by atoms with Gasteiger partial charge in [-0.1, -0.05) is 26.0 Å². The number of carbonyl (C=O) groups excluding carboxylic acids is 4. The number of nitrogens with one attached hydrogen (secondary N) is 2. The molecule has 1 aromatic carbocycles. The fraction of sp³-hybridized carbons (Fsp3) is 0.581. The molecule has 11 nitrogen and oxygen atoms in total. The molecular weight excluding hydrogens is 536 g/mol. The summed E-state index contributed by atoms with van der Waals surface area (Å²) in [5.41, 5.74) is 2.25. The molecule has 1 aliphatic rings. The van der Waals surface area contributed by atoms with Crippen molar-refractivity contribution < 1.29 is 23.9 Å². The topological polar surface area (TPSA) is 126 Å². The van der Waals surface area contributed by atoms with Gasteiger partial charge >= 0.3 is 0 Å². The van der Waals surface area contributed by atoms with E-state index in [1.54, 1.807) is 42.8 Å². The van der Waals surface area contributed by atoms with Crippen LogP contribution in [0.4, 0.5) is 0 Å². The van der Waals surface area contributed by atoms with Crippen LogP contribution in [0.25, 0.3) is 0 Å². The highest BCUT2D eigenvalue weighted by Crippen LogP contribution is 2.16. The normalized spacial score (nSPS) is 19.6. The number of methoxy groups -OCH3 is 1. The maximum absolute atomic E-state index is 13.7. The number of nitrogens with zero attached hydrogens (tertiary/aromatic N) is 4. The summed E-state index contributed by atoms with van der Waals surface area (Å²) in [6, 6.07) is 7.57. The summed E-state index contributed by atoms with van der Waals surface area (Å²) in [5.74, 6) is 0.0317. The van der Waals surface area contributed by atoms with Crippen LogP contribution in [0, 0.1) is 5.92 Å². The van der Waals surface area contributed by atoms with Crippen LogP contribution in [0.3, 0.4) is 0 Å². The second-order valence-electron chi connectivity index (χ2n) is 11.3. The van der Waals surface area contributed by atoms with E-state index < -0.39 is 12.1 Å². The minimum absolute atomic E-state index is 0.143. The lowest BCUT2D eigenvalue weighted by molar-refractivity contribution is -0.141. The van der Waals surface area contributed by atoms with Gasteiger partial charge in [-0.3, -0.25) is 23.9 Å². The van der Waals surface area contributed by atoms with Crippen LogP contribution in [0.5, 0.6) is 5.75 Å². The van der Waals surface area contributed by atoms with Crippen molar-refractivity contribution in [2.75, 3.05) is 33.8 Å². The quantitative estimate of drug-likeness (QED) is 0.517. The van der Waals surface area contributed by atoms with E-state index in [4.69, 9.17) is 4.74 Å². The van der Waals surface area contributed by atoms with Crippen LogP contribution in [-0.4, -0.2) is 89.1 Å². The molecule has 0 bridgehead atoms. The molecule has 2 N–H and O–H groups in total. The van der Waals surface area contributed by atoms with Gasteiger partial charge in [-0.05, 0) is 62.8 Å². The number of hydrogen-bond acceptors (Lipinski definition) is 6. The number of carbonyl (C=O) groups is 4. The van der Waals surface area contributed by atoms with Crippen molar-refractivity contribution >= 4 is 23.6 Å². The lowest BCUT2D eigenvalue weighted by atomic mass is 10.0. The maximum atomic E-state index is 13.7.